The largest absolute Gasteiger partial charge is 0.445 e. The maximum atomic E-state index is 12.7. The maximum Gasteiger partial charge on any atom is 0.411 e. The van der Waals surface area contributed by atoms with Crippen LogP contribution in [0, 0.1) is 6.92 Å². The van der Waals surface area contributed by atoms with Crippen LogP contribution in [-0.4, -0.2) is 36.3 Å². The van der Waals surface area contributed by atoms with Gasteiger partial charge in [0.2, 0.25) is 0 Å². The molecular weight excluding hydrogens is 362 g/mol. The number of aryl methyl sites for hydroxylation is 1. The highest BCUT2D eigenvalue weighted by Gasteiger charge is 2.39. The number of rotatable bonds is 3. The predicted octanol–water partition coefficient (Wildman–Crippen LogP) is 4.84. The number of amides is 1. The van der Waals surface area contributed by atoms with Gasteiger partial charge in [-0.25, -0.2) is 4.79 Å². The van der Waals surface area contributed by atoms with Crippen molar-refractivity contribution in [2.45, 2.75) is 32.0 Å². The fourth-order valence-corrected chi connectivity index (χ4v) is 4.00. The predicted molar refractivity (Wildman–Crippen MR) is 106 cm³/mol. The van der Waals surface area contributed by atoms with Crippen LogP contribution in [0.3, 0.4) is 0 Å². The number of morpholine rings is 1. The highest BCUT2D eigenvalue weighted by atomic mass is 35.5. The van der Waals surface area contributed by atoms with Crippen molar-refractivity contribution in [2.24, 2.45) is 0 Å². The number of ether oxygens (including phenoxy) is 2. The van der Waals surface area contributed by atoms with Gasteiger partial charge in [-0.15, -0.1) is 0 Å². The molecule has 5 heteroatoms. The first kappa shape index (κ1) is 18.1. The van der Waals surface area contributed by atoms with E-state index < -0.39 is 0 Å². The molecule has 2 atom stereocenters. The summed E-state index contributed by atoms with van der Waals surface area (Å²) in [7, 11) is 0. The van der Waals surface area contributed by atoms with E-state index in [1.165, 1.54) is 11.1 Å². The third-order valence-electron chi connectivity index (χ3n) is 5.08. The summed E-state index contributed by atoms with van der Waals surface area (Å²) in [5.74, 6) is 0. The normalized spacial score (nSPS) is 21.6. The molecule has 2 aliphatic rings. The van der Waals surface area contributed by atoms with Gasteiger partial charge in [0.1, 0.15) is 6.61 Å². The SMILES string of the molecule is Cc1ccc(Cl)c(C2=CC3COCC(C2)N3C(=O)OCc2ccccc2)c1. The fraction of sp³-hybridized carbons (Fsp3) is 0.318. The molecule has 2 aromatic carbocycles. The first-order chi connectivity index (χ1) is 13.1. The summed E-state index contributed by atoms with van der Waals surface area (Å²) in [6, 6.07) is 15.6. The van der Waals surface area contributed by atoms with Gasteiger partial charge in [0.25, 0.3) is 0 Å². The number of hydrogen-bond donors (Lipinski definition) is 0. The number of carbonyl (C=O) groups is 1. The molecule has 0 aliphatic carbocycles. The lowest BCUT2D eigenvalue weighted by atomic mass is 9.89. The highest BCUT2D eigenvalue weighted by Crippen LogP contribution is 2.36. The monoisotopic (exact) mass is 383 g/mol. The fourth-order valence-electron chi connectivity index (χ4n) is 3.76. The molecule has 27 heavy (non-hydrogen) atoms. The van der Waals surface area contributed by atoms with E-state index >= 15 is 0 Å². The Morgan fingerprint density at radius 1 is 1.22 bits per heavy atom. The van der Waals surface area contributed by atoms with Crippen LogP contribution in [-0.2, 0) is 16.1 Å². The van der Waals surface area contributed by atoms with Gasteiger partial charge in [-0.1, -0.05) is 65.7 Å². The first-order valence-corrected chi connectivity index (χ1v) is 9.53. The summed E-state index contributed by atoms with van der Waals surface area (Å²) >= 11 is 6.43. The number of nitrogens with zero attached hydrogens (tertiary/aromatic N) is 1. The maximum absolute atomic E-state index is 12.7. The number of hydrogen-bond acceptors (Lipinski definition) is 3. The average molecular weight is 384 g/mol. The van der Waals surface area contributed by atoms with Gasteiger partial charge in [-0.2, -0.15) is 0 Å². The Balaban J connectivity index is 1.53. The van der Waals surface area contributed by atoms with E-state index in [1.54, 1.807) is 0 Å². The van der Waals surface area contributed by atoms with E-state index in [1.807, 2.05) is 47.4 Å². The van der Waals surface area contributed by atoms with Crippen LogP contribution in [0.15, 0.2) is 54.6 Å². The van der Waals surface area contributed by atoms with E-state index in [4.69, 9.17) is 21.1 Å². The van der Waals surface area contributed by atoms with E-state index in [0.29, 0.717) is 19.6 Å². The second-order valence-corrected chi connectivity index (χ2v) is 7.49. The molecule has 2 aliphatic heterocycles. The van der Waals surface area contributed by atoms with Crippen LogP contribution in [0.25, 0.3) is 5.57 Å². The van der Waals surface area contributed by atoms with Gasteiger partial charge in [0, 0.05) is 5.02 Å². The van der Waals surface area contributed by atoms with Crippen LogP contribution < -0.4 is 0 Å². The smallest absolute Gasteiger partial charge is 0.411 e. The lowest BCUT2D eigenvalue weighted by molar-refractivity contribution is -0.0342. The second-order valence-electron chi connectivity index (χ2n) is 7.09. The van der Waals surface area contributed by atoms with Crippen LogP contribution in [0.1, 0.15) is 23.1 Å². The van der Waals surface area contributed by atoms with Crippen LogP contribution in [0.4, 0.5) is 4.79 Å². The number of fused-ring (bicyclic) bond motifs is 2. The van der Waals surface area contributed by atoms with E-state index in [9.17, 15) is 4.79 Å². The van der Waals surface area contributed by atoms with Crippen molar-refractivity contribution in [1.29, 1.82) is 0 Å². The van der Waals surface area contributed by atoms with Crippen LogP contribution in [0.2, 0.25) is 5.02 Å². The summed E-state index contributed by atoms with van der Waals surface area (Å²) in [4.78, 5) is 14.6. The van der Waals surface area contributed by atoms with Crippen molar-refractivity contribution in [3.8, 4) is 0 Å². The minimum Gasteiger partial charge on any atom is -0.445 e. The standard InChI is InChI=1S/C22H22ClNO3/c1-15-7-8-21(23)20(9-15)17-10-18-13-26-14-19(11-17)24(18)22(25)27-12-16-5-3-2-4-6-16/h2-10,18-19H,11-14H2,1H3. The molecular formula is C22H22ClNO3. The van der Waals surface area contributed by atoms with E-state index in [0.717, 1.165) is 16.1 Å². The molecule has 2 unspecified atom stereocenters. The average Bonchev–Trinajstić information content (AvgIpc) is 2.68. The molecule has 2 heterocycles. The Hall–Kier alpha value is -2.30. The highest BCUT2D eigenvalue weighted by molar-refractivity contribution is 6.32. The summed E-state index contributed by atoms with van der Waals surface area (Å²) in [5.41, 5.74) is 4.37. The van der Waals surface area contributed by atoms with Crippen molar-refractivity contribution in [3.05, 3.63) is 76.3 Å². The third-order valence-corrected chi connectivity index (χ3v) is 5.41. The number of carbonyl (C=O) groups excluding carboxylic acids is 1. The van der Waals surface area contributed by atoms with Crippen molar-refractivity contribution in [2.75, 3.05) is 13.2 Å². The minimum absolute atomic E-state index is 0.0383. The Morgan fingerprint density at radius 3 is 2.81 bits per heavy atom. The van der Waals surface area contributed by atoms with Crippen LogP contribution >= 0.6 is 11.6 Å². The molecule has 140 valence electrons. The van der Waals surface area contributed by atoms with Crippen molar-refractivity contribution in [1.82, 2.24) is 4.90 Å². The molecule has 2 bridgehead atoms. The lowest BCUT2D eigenvalue weighted by Crippen LogP contribution is -2.56. The molecule has 0 radical (unpaired) electrons. The van der Waals surface area contributed by atoms with Gasteiger partial charge in [-0.05, 0) is 36.1 Å². The summed E-state index contributed by atoms with van der Waals surface area (Å²) in [6.07, 6.45) is 2.52. The van der Waals surface area contributed by atoms with Gasteiger partial charge in [0.15, 0.2) is 0 Å². The second kappa shape index (κ2) is 7.75. The Kier molecular flexibility index (Phi) is 5.19. The number of benzene rings is 2. The van der Waals surface area contributed by atoms with E-state index in [2.05, 4.69) is 19.1 Å². The summed E-state index contributed by atoms with van der Waals surface area (Å²) in [5, 5.41) is 0.742. The number of halogens is 1. The third kappa shape index (κ3) is 3.87. The molecule has 1 fully saturated rings. The van der Waals surface area contributed by atoms with Crippen molar-refractivity contribution >= 4 is 23.3 Å². The minimum atomic E-state index is -0.289. The first-order valence-electron chi connectivity index (χ1n) is 9.16. The molecule has 0 aromatic heterocycles. The van der Waals surface area contributed by atoms with Gasteiger partial charge in [-0.3, -0.25) is 4.90 Å². The zero-order valence-corrected chi connectivity index (χ0v) is 16.0. The van der Waals surface area contributed by atoms with Gasteiger partial charge >= 0.3 is 6.09 Å². The van der Waals surface area contributed by atoms with Crippen molar-refractivity contribution < 1.29 is 14.3 Å². The zero-order valence-electron chi connectivity index (χ0n) is 15.2. The van der Waals surface area contributed by atoms with Gasteiger partial charge < -0.3 is 9.47 Å². The molecule has 1 saturated heterocycles. The van der Waals surface area contributed by atoms with Gasteiger partial charge in [0.05, 0.1) is 25.3 Å². The molecule has 2 aromatic rings. The van der Waals surface area contributed by atoms with E-state index in [-0.39, 0.29) is 24.8 Å². The Morgan fingerprint density at radius 2 is 2.04 bits per heavy atom. The van der Waals surface area contributed by atoms with Crippen molar-refractivity contribution in [3.63, 3.8) is 0 Å². The topological polar surface area (TPSA) is 38.8 Å². The lowest BCUT2D eigenvalue weighted by Gasteiger charge is -2.43. The van der Waals surface area contributed by atoms with Crippen LogP contribution in [0.5, 0.6) is 0 Å². The quantitative estimate of drug-likeness (QED) is 0.761. The molecule has 0 saturated carbocycles. The molecule has 0 N–H and O–H groups in total. The molecule has 1 amide bonds. The Labute approximate surface area is 164 Å². The molecule has 0 spiro atoms. The molecule has 4 nitrogen and oxygen atoms in total. The zero-order chi connectivity index (χ0) is 18.8. The molecule has 4 rings (SSSR count). The Bertz CT molecular complexity index is 865. The summed E-state index contributed by atoms with van der Waals surface area (Å²) in [6.45, 7) is 3.32. The summed E-state index contributed by atoms with van der Waals surface area (Å²) < 4.78 is 11.3.